The number of aliphatic imine (C=N–C) groups is 1. The second kappa shape index (κ2) is 11.8. The minimum absolute atomic E-state index is 0. The van der Waals surface area contributed by atoms with Crippen molar-refractivity contribution in [2.45, 2.75) is 33.5 Å². The van der Waals surface area contributed by atoms with E-state index in [0.29, 0.717) is 19.0 Å². The molecule has 0 bridgehead atoms. The van der Waals surface area contributed by atoms with E-state index in [-0.39, 0.29) is 24.0 Å². The maximum absolute atomic E-state index is 5.49. The highest BCUT2D eigenvalue weighted by molar-refractivity contribution is 14.0. The van der Waals surface area contributed by atoms with Crippen LogP contribution >= 0.6 is 24.0 Å². The van der Waals surface area contributed by atoms with E-state index in [4.69, 9.17) is 9.47 Å². The molecule has 0 amide bonds. The summed E-state index contributed by atoms with van der Waals surface area (Å²) in [6, 6.07) is 5.84. The van der Waals surface area contributed by atoms with Gasteiger partial charge in [-0.15, -0.1) is 24.0 Å². The van der Waals surface area contributed by atoms with Crippen molar-refractivity contribution in [1.82, 2.24) is 19.8 Å². The lowest BCUT2D eigenvalue weighted by Gasteiger charge is -2.23. The number of ether oxygens (including phenoxy) is 2. The maximum atomic E-state index is 5.49. The number of nitrogens with zero attached hydrogens (tertiary/aromatic N) is 4. The molecular weight excluding hydrogens is 469 g/mol. The van der Waals surface area contributed by atoms with Gasteiger partial charge in [0.2, 0.25) is 0 Å². The van der Waals surface area contributed by atoms with Crippen molar-refractivity contribution in [2.24, 2.45) is 10.9 Å². The number of methoxy groups -OCH3 is 2. The summed E-state index contributed by atoms with van der Waals surface area (Å²) in [4.78, 5) is 10.9. The first-order valence-corrected chi connectivity index (χ1v) is 9.11. The number of benzene rings is 1. The second-order valence-electron chi connectivity index (χ2n) is 6.82. The Bertz CT molecular complexity index is 761. The van der Waals surface area contributed by atoms with Crippen LogP contribution in [0.5, 0.6) is 11.5 Å². The van der Waals surface area contributed by atoms with Crippen LogP contribution in [-0.4, -0.2) is 48.7 Å². The quantitative estimate of drug-likeness (QED) is 0.342. The third-order valence-electron chi connectivity index (χ3n) is 4.24. The van der Waals surface area contributed by atoms with Crippen molar-refractivity contribution in [2.75, 3.05) is 28.3 Å². The van der Waals surface area contributed by atoms with E-state index in [1.54, 1.807) is 21.3 Å². The molecule has 156 valence electrons. The van der Waals surface area contributed by atoms with Gasteiger partial charge >= 0.3 is 0 Å². The lowest BCUT2D eigenvalue weighted by Crippen LogP contribution is -2.38. The largest absolute Gasteiger partial charge is 0.497 e. The van der Waals surface area contributed by atoms with E-state index in [2.05, 4.69) is 38.6 Å². The van der Waals surface area contributed by atoms with E-state index < -0.39 is 0 Å². The first-order valence-electron chi connectivity index (χ1n) is 9.11. The van der Waals surface area contributed by atoms with Crippen molar-refractivity contribution in [3.8, 4) is 11.5 Å². The molecule has 2 rings (SSSR count). The maximum Gasteiger partial charge on any atom is 0.194 e. The Hall–Kier alpha value is -1.97. The zero-order valence-electron chi connectivity index (χ0n) is 17.6. The third-order valence-corrected chi connectivity index (χ3v) is 4.24. The normalized spacial score (nSPS) is 11.2. The Kier molecular flexibility index (Phi) is 10.1. The van der Waals surface area contributed by atoms with Gasteiger partial charge in [0.05, 0.1) is 20.8 Å². The van der Waals surface area contributed by atoms with Crippen molar-refractivity contribution >= 4 is 29.9 Å². The van der Waals surface area contributed by atoms with Gasteiger partial charge in [0, 0.05) is 51.2 Å². The molecule has 0 saturated heterocycles. The van der Waals surface area contributed by atoms with Crippen LogP contribution in [0.3, 0.4) is 0 Å². The van der Waals surface area contributed by atoms with E-state index in [1.165, 1.54) is 0 Å². The highest BCUT2D eigenvalue weighted by atomic mass is 127. The molecule has 0 aliphatic heterocycles. The van der Waals surface area contributed by atoms with Gasteiger partial charge in [-0.2, -0.15) is 0 Å². The van der Waals surface area contributed by atoms with Crippen LogP contribution in [0.2, 0.25) is 0 Å². The van der Waals surface area contributed by atoms with Gasteiger partial charge in [-0.3, -0.25) is 4.99 Å². The van der Waals surface area contributed by atoms with Crippen molar-refractivity contribution in [3.05, 3.63) is 42.0 Å². The van der Waals surface area contributed by atoms with Crippen LogP contribution in [0.25, 0.3) is 0 Å². The summed E-state index contributed by atoms with van der Waals surface area (Å²) in [5, 5.41) is 3.39. The molecule has 28 heavy (non-hydrogen) atoms. The number of rotatable bonds is 8. The van der Waals surface area contributed by atoms with Crippen LogP contribution < -0.4 is 14.8 Å². The van der Waals surface area contributed by atoms with Gasteiger partial charge in [-0.1, -0.05) is 13.8 Å². The van der Waals surface area contributed by atoms with E-state index in [0.717, 1.165) is 35.4 Å². The number of hydrogen-bond acceptors (Lipinski definition) is 4. The smallest absolute Gasteiger partial charge is 0.194 e. The minimum atomic E-state index is 0. The molecule has 1 aromatic carbocycles. The van der Waals surface area contributed by atoms with Crippen molar-refractivity contribution in [3.63, 3.8) is 0 Å². The van der Waals surface area contributed by atoms with Crippen LogP contribution in [0.4, 0.5) is 0 Å². The summed E-state index contributed by atoms with van der Waals surface area (Å²) in [7, 11) is 7.10. The summed E-state index contributed by atoms with van der Waals surface area (Å²) in [6.45, 7) is 6.64. The number of imidazole rings is 1. The molecule has 1 heterocycles. The average molecular weight is 501 g/mol. The molecule has 0 spiro atoms. The average Bonchev–Trinajstić information content (AvgIpc) is 3.08. The highest BCUT2D eigenvalue weighted by Gasteiger charge is 2.12. The van der Waals surface area contributed by atoms with Crippen molar-refractivity contribution in [1.29, 1.82) is 0 Å². The zero-order valence-corrected chi connectivity index (χ0v) is 19.9. The summed E-state index contributed by atoms with van der Waals surface area (Å²) in [6.07, 6.45) is 3.86. The van der Waals surface area contributed by atoms with Gasteiger partial charge < -0.3 is 24.3 Å². The third kappa shape index (κ3) is 6.57. The molecule has 1 N–H and O–H groups in total. The number of aromatic nitrogens is 2. The molecule has 0 saturated carbocycles. The molecule has 0 aliphatic carbocycles. The molecule has 0 unspecified atom stereocenters. The molecule has 8 heteroatoms. The van der Waals surface area contributed by atoms with Crippen LogP contribution in [0.1, 0.15) is 25.2 Å². The molecule has 0 radical (unpaired) electrons. The summed E-state index contributed by atoms with van der Waals surface area (Å²) >= 11 is 0. The number of halogens is 1. The standard InChI is InChI=1S/C20H31N5O2.HI/c1-15(2)13-25-10-9-22-19(25)12-23-20(21-3)24(4)14-16-7-8-17(26-5)11-18(16)27-6;/h7-11,15H,12-14H2,1-6H3,(H,21,23);1H. The van der Waals surface area contributed by atoms with Gasteiger partial charge in [0.15, 0.2) is 5.96 Å². The second-order valence-corrected chi connectivity index (χ2v) is 6.82. The molecule has 2 aromatic rings. The van der Waals surface area contributed by atoms with E-state index >= 15 is 0 Å². The number of guanidine groups is 1. The van der Waals surface area contributed by atoms with E-state index in [1.807, 2.05) is 37.6 Å². The fourth-order valence-electron chi connectivity index (χ4n) is 2.92. The molecule has 1 aromatic heterocycles. The van der Waals surface area contributed by atoms with E-state index in [9.17, 15) is 0 Å². The summed E-state index contributed by atoms with van der Waals surface area (Å²) in [5.74, 6) is 3.94. The van der Waals surface area contributed by atoms with Crippen molar-refractivity contribution < 1.29 is 9.47 Å². The Labute approximate surface area is 185 Å². The monoisotopic (exact) mass is 501 g/mol. The minimum Gasteiger partial charge on any atom is -0.497 e. The zero-order chi connectivity index (χ0) is 19.8. The number of nitrogens with one attached hydrogen (secondary N) is 1. The highest BCUT2D eigenvalue weighted by Crippen LogP contribution is 2.25. The number of hydrogen-bond donors (Lipinski definition) is 1. The summed E-state index contributed by atoms with van der Waals surface area (Å²) < 4.78 is 12.9. The molecule has 0 aliphatic rings. The van der Waals surface area contributed by atoms with Crippen LogP contribution in [0, 0.1) is 5.92 Å². The Morgan fingerprint density at radius 1 is 1.29 bits per heavy atom. The predicted octanol–water partition coefficient (Wildman–Crippen LogP) is 3.38. The summed E-state index contributed by atoms with van der Waals surface area (Å²) in [5.41, 5.74) is 1.06. The fraction of sp³-hybridized carbons (Fsp3) is 0.500. The Morgan fingerprint density at radius 2 is 2.04 bits per heavy atom. The fourth-order valence-corrected chi connectivity index (χ4v) is 2.92. The van der Waals surface area contributed by atoms with Crippen LogP contribution in [0.15, 0.2) is 35.6 Å². The first-order chi connectivity index (χ1) is 13.0. The molecular formula is C20H32IN5O2. The lowest BCUT2D eigenvalue weighted by molar-refractivity contribution is 0.382. The molecule has 7 nitrogen and oxygen atoms in total. The predicted molar refractivity (Wildman–Crippen MR) is 124 cm³/mol. The molecule has 0 fully saturated rings. The first kappa shape index (κ1) is 24.1. The van der Waals surface area contributed by atoms with Gasteiger partial charge in [-0.05, 0) is 18.1 Å². The van der Waals surface area contributed by atoms with Gasteiger partial charge in [-0.25, -0.2) is 4.98 Å². The Balaban J connectivity index is 0.00000392. The van der Waals surface area contributed by atoms with Crippen LogP contribution in [-0.2, 0) is 19.6 Å². The Morgan fingerprint density at radius 3 is 2.64 bits per heavy atom. The van der Waals surface area contributed by atoms with Gasteiger partial charge in [0.1, 0.15) is 17.3 Å². The SMILES string of the molecule is CN=C(NCc1nccn1CC(C)C)N(C)Cc1ccc(OC)cc1OC.I. The topological polar surface area (TPSA) is 63.9 Å². The molecule has 0 atom stereocenters. The lowest BCUT2D eigenvalue weighted by atomic mass is 10.2. The van der Waals surface area contributed by atoms with Gasteiger partial charge in [0.25, 0.3) is 0 Å².